The second-order valence-electron chi connectivity index (χ2n) is 8.40. The van der Waals surface area contributed by atoms with Crippen LogP contribution in [0.5, 0.6) is 5.75 Å². The number of carbonyl (C=O) groups excluding carboxylic acids is 3. The lowest BCUT2D eigenvalue weighted by atomic mass is 9.93. The van der Waals surface area contributed by atoms with Crippen molar-refractivity contribution in [1.82, 2.24) is 5.32 Å². The predicted molar refractivity (Wildman–Crippen MR) is 115 cm³/mol. The molecule has 0 aromatic heterocycles. The van der Waals surface area contributed by atoms with Gasteiger partial charge in [-0.15, -0.1) is 0 Å². The van der Waals surface area contributed by atoms with Crippen molar-refractivity contribution in [3.63, 3.8) is 0 Å². The normalized spacial score (nSPS) is 19.2. The lowest BCUT2D eigenvalue weighted by Gasteiger charge is -2.28. The summed E-state index contributed by atoms with van der Waals surface area (Å²) in [6.45, 7) is 5.17. The highest BCUT2D eigenvalue weighted by Crippen LogP contribution is 2.26. The Morgan fingerprint density at radius 3 is 2.34 bits per heavy atom. The van der Waals surface area contributed by atoms with Gasteiger partial charge in [0.1, 0.15) is 17.4 Å². The molecule has 0 saturated heterocycles. The minimum Gasteiger partial charge on any atom is -0.483 e. The number of nitrogens with one attached hydrogen (secondary N) is 1. The first-order valence-electron chi connectivity index (χ1n) is 10.3. The van der Waals surface area contributed by atoms with E-state index in [0.717, 1.165) is 5.56 Å². The van der Waals surface area contributed by atoms with Crippen LogP contribution in [-0.2, 0) is 30.2 Å². The van der Waals surface area contributed by atoms with Gasteiger partial charge in [0.25, 0.3) is 0 Å². The number of amides is 1. The number of ether oxygens (including phenoxy) is 4. The van der Waals surface area contributed by atoms with Gasteiger partial charge in [-0.25, -0.2) is 14.4 Å². The highest BCUT2D eigenvalue weighted by Gasteiger charge is 2.33. The molecule has 0 unspecified atom stereocenters. The van der Waals surface area contributed by atoms with Crippen molar-refractivity contribution < 1.29 is 38.4 Å². The molecule has 1 aromatic rings. The van der Waals surface area contributed by atoms with Crippen molar-refractivity contribution in [2.24, 2.45) is 0 Å². The topological polar surface area (TPSA) is 120 Å². The number of alkyl carbamates (subject to hydrolysis) is 1. The van der Waals surface area contributed by atoms with E-state index in [9.17, 15) is 19.5 Å². The monoisotopic (exact) mass is 449 g/mol. The molecular formula is C23H31NO8. The van der Waals surface area contributed by atoms with Crippen LogP contribution in [0, 0.1) is 0 Å². The van der Waals surface area contributed by atoms with E-state index >= 15 is 0 Å². The molecule has 1 amide bonds. The summed E-state index contributed by atoms with van der Waals surface area (Å²) in [7, 11) is 2.52. The summed E-state index contributed by atoms with van der Waals surface area (Å²) >= 11 is 0. The van der Waals surface area contributed by atoms with Gasteiger partial charge in [0.2, 0.25) is 0 Å². The van der Waals surface area contributed by atoms with E-state index < -0.39 is 41.9 Å². The Labute approximate surface area is 187 Å². The molecule has 3 atom stereocenters. The maximum Gasteiger partial charge on any atom is 0.408 e. The number of rotatable bonds is 7. The molecule has 0 spiro atoms. The van der Waals surface area contributed by atoms with Crippen LogP contribution in [0.15, 0.2) is 35.9 Å². The fourth-order valence-corrected chi connectivity index (χ4v) is 3.22. The lowest BCUT2D eigenvalue weighted by molar-refractivity contribution is -0.143. The molecule has 176 valence electrons. The summed E-state index contributed by atoms with van der Waals surface area (Å²) in [5, 5.41) is 12.8. The summed E-state index contributed by atoms with van der Waals surface area (Å²) in [4.78, 5) is 36.2. The number of hydrogen-bond donors (Lipinski definition) is 2. The van der Waals surface area contributed by atoms with Crippen molar-refractivity contribution in [2.75, 3.05) is 14.2 Å². The van der Waals surface area contributed by atoms with Crippen LogP contribution in [0.4, 0.5) is 4.79 Å². The molecule has 0 fully saturated rings. The maximum atomic E-state index is 12.1. The van der Waals surface area contributed by atoms with Crippen LogP contribution in [0.25, 0.3) is 0 Å². The van der Waals surface area contributed by atoms with Gasteiger partial charge in [-0.3, -0.25) is 0 Å². The summed E-state index contributed by atoms with van der Waals surface area (Å²) in [6.07, 6.45) is 0.520. The highest BCUT2D eigenvalue weighted by atomic mass is 16.6. The quantitative estimate of drug-likeness (QED) is 0.481. The zero-order chi connectivity index (χ0) is 23.9. The minimum absolute atomic E-state index is 0.172. The molecular weight excluding hydrogens is 418 g/mol. The van der Waals surface area contributed by atoms with Gasteiger partial charge < -0.3 is 29.4 Å². The Kier molecular flexibility index (Phi) is 8.65. The molecule has 32 heavy (non-hydrogen) atoms. The van der Waals surface area contributed by atoms with Gasteiger partial charge in [-0.05, 0) is 51.3 Å². The number of methoxy groups -OCH3 is 2. The first-order chi connectivity index (χ1) is 15.0. The Bertz CT molecular complexity index is 841. The first-order valence-corrected chi connectivity index (χ1v) is 10.3. The molecule has 0 saturated carbocycles. The zero-order valence-corrected chi connectivity index (χ0v) is 19.0. The van der Waals surface area contributed by atoms with E-state index in [2.05, 4.69) is 5.32 Å². The van der Waals surface area contributed by atoms with E-state index in [1.54, 1.807) is 51.1 Å². The first kappa shape index (κ1) is 25.2. The second kappa shape index (κ2) is 11.0. The van der Waals surface area contributed by atoms with E-state index in [0.29, 0.717) is 18.6 Å². The molecule has 2 N–H and O–H groups in total. The molecule has 1 aliphatic rings. The summed E-state index contributed by atoms with van der Waals surface area (Å²) in [6, 6.07) is 5.83. The van der Waals surface area contributed by atoms with Crippen molar-refractivity contribution in [2.45, 2.75) is 63.9 Å². The molecule has 0 heterocycles. The highest BCUT2D eigenvalue weighted by molar-refractivity contribution is 5.90. The largest absolute Gasteiger partial charge is 0.483 e. The Hall–Kier alpha value is -3.07. The van der Waals surface area contributed by atoms with Gasteiger partial charge in [0, 0.05) is 6.42 Å². The number of aliphatic hydroxyl groups is 1. The molecule has 1 aliphatic carbocycles. The molecule has 0 radical (unpaired) electrons. The van der Waals surface area contributed by atoms with Crippen LogP contribution >= 0.6 is 0 Å². The Morgan fingerprint density at radius 2 is 1.78 bits per heavy atom. The molecule has 9 nitrogen and oxygen atoms in total. The van der Waals surface area contributed by atoms with Crippen molar-refractivity contribution in [3.05, 3.63) is 41.5 Å². The Morgan fingerprint density at radius 1 is 1.12 bits per heavy atom. The third kappa shape index (κ3) is 7.26. The average Bonchev–Trinajstić information content (AvgIpc) is 2.73. The maximum absolute atomic E-state index is 12.1. The Balaban J connectivity index is 2.08. The number of hydrogen-bond acceptors (Lipinski definition) is 8. The van der Waals surface area contributed by atoms with Crippen LogP contribution in [0.1, 0.15) is 39.2 Å². The number of esters is 2. The number of carbonyl (C=O) groups is 3. The standard InChI is InChI=1S/C23H31NO8/c1-23(2,3)32-22(28)24-17(21(27)30-5)13-14-9-11-15(12-10-14)31-19-16(20(26)29-4)7-6-8-18(19)25/h7,9-12,17-19,25H,6,8,13H2,1-5H3,(H,24,28)/t17-,18-,19+/m0/s1. The van der Waals surface area contributed by atoms with Crippen LogP contribution in [-0.4, -0.2) is 61.2 Å². The van der Waals surface area contributed by atoms with Gasteiger partial charge >= 0.3 is 18.0 Å². The number of benzene rings is 1. The third-order valence-electron chi connectivity index (χ3n) is 4.71. The van der Waals surface area contributed by atoms with Gasteiger partial charge in [0.15, 0.2) is 6.10 Å². The van der Waals surface area contributed by atoms with Crippen LogP contribution in [0.3, 0.4) is 0 Å². The fraction of sp³-hybridized carbons (Fsp3) is 0.522. The summed E-state index contributed by atoms with van der Waals surface area (Å²) in [5.41, 5.74) is 0.310. The van der Waals surface area contributed by atoms with E-state index in [-0.39, 0.29) is 12.0 Å². The van der Waals surface area contributed by atoms with E-state index in [1.165, 1.54) is 14.2 Å². The zero-order valence-electron chi connectivity index (χ0n) is 19.0. The van der Waals surface area contributed by atoms with E-state index in [1.807, 2.05) is 0 Å². The van der Waals surface area contributed by atoms with Crippen molar-refractivity contribution in [1.29, 1.82) is 0 Å². The fourth-order valence-electron chi connectivity index (χ4n) is 3.22. The third-order valence-corrected chi connectivity index (χ3v) is 4.71. The van der Waals surface area contributed by atoms with E-state index in [4.69, 9.17) is 18.9 Å². The molecule has 9 heteroatoms. The smallest absolute Gasteiger partial charge is 0.408 e. The molecule has 0 bridgehead atoms. The van der Waals surface area contributed by atoms with Crippen molar-refractivity contribution >= 4 is 18.0 Å². The van der Waals surface area contributed by atoms with Crippen LogP contribution < -0.4 is 10.1 Å². The predicted octanol–water partition coefficient (Wildman–Crippen LogP) is 2.30. The molecule has 1 aromatic carbocycles. The summed E-state index contributed by atoms with van der Waals surface area (Å²) < 4.78 is 20.6. The molecule has 0 aliphatic heterocycles. The van der Waals surface area contributed by atoms with Gasteiger partial charge in [-0.1, -0.05) is 18.2 Å². The number of allylic oxidation sites excluding steroid dienone is 1. The SMILES string of the molecule is COC(=O)C1=CCC[C@H](O)[C@@H]1Oc1ccc(C[C@H](NC(=O)OC(C)(C)C)C(=O)OC)cc1. The second-order valence-corrected chi connectivity index (χ2v) is 8.40. The van der Waals surface area contributed by atoms with Crippen LogP contribution in [0.2, 0.25) is 0 Å². The average molecular weight is 450 g/mol. The minimum atomic E-state index is -0.935. The number of aliphatic hydroxyl groups excluding tert-OH is 1. The summed E-state index contributed by atoms with van der Waals surface area (Å²) in [5.74, 6) is -0.710. The van der Waals surface area contributed by atoms with Gasteiger partial charge in [-0.2, -0.15) is 0 Å². The van der Waals surface area contributed by atoms with Gasteiger partial charge in [0.05, 0.1) is 25.9 Å². The van der Waals surface area contributed by atoms with Crippen molar-refractivity contribution in [3.8, 4) is 5.75 Å². The lowest BCUT2D eigenvalue weighted by Crippen LogP contribution is -2.45. The molecule has 2 rings (SSSR count).